The lowest BCUT2D eigenvalue weighted by molar-refractivity contribution is -0.149. The maximum atomic E-state index is 13.1. The zero-order valence-corrected chi connectivity index (χ0v) is 22.3. The monoisotopic (exact) mass is 510 g/mol. The molecular weight excluding hydrogens is 468 g/mol. The van der Waals surface area contributed by atoms with Crippen LogP contribution in [0.3, 0.4) is 0 Å². The molecule has 0 aromatic heterocycles. The first-order valence-electron chi connectivity index (χ1n) is 13.6. The number of aliphatic carboxylic acids is 1. The lowest BCUT2D eigenvalue weighted by atomic mass is 9.86. The highest BCUT2D eigenvalue weighted by Gasteiger charge is 2.19. The molecule has 2 N–H and O–H groups in total. The van der Waals surface area contributed by atoms with E-state index in [2.05, 4.69) is 5.32 Å². The SMILES string of the molecule is CCOC(Cc1ccc(OCCN(CCCC2CCCCC2)C(=O)Nc2ccc(C)cc2)cc1)C(=O)O. The molecule has 0 saturated heterocycles. The van der Waals surface area contributed by atoms with Crippen LogP contribution in [0, 0.1) is 12.8 Å². The maximum Gasteiger partial charge on any atom is 0.333 e. The normalized spacial score (nSPS) is 14.6. The van der Waals surface area contributed by atoms with Crippen LogP contribution in [0.2, 0.25) is 0 Å². The van der Waals surface area contributed by atoms with Crippen molar-refractivity contribution >= 4 is 17.7 Å². The summed E-state index contributed by atoms with van der Waals surface area (Å²) >= 11 is 0. The number of benzene rings is 2. The predicted octanol–water partition coefficient (Wildman–Crippen LogP) is 6.30. The van der Waals surface area contributed by atoms with E-state index < -0.39 is 12.1 Å². The quantitative estimate of drug-likeness (QED) is 0.311. The van der Waals surface area contributed by atoms with Gasteiger partial charge in [-0.3, -0.25) is 0 Å². The van der Waals surface area contributed by atoms with E-state index in [9.17, 15) is 14.7 Å². The summed E-state index contributed by atoms with van der Waals surface area (Å²) in [6, 6.07) is 15.1. The summed E-state index contributed by atoms with van der Waals surface area (Å²) in [5.41, 5.74) is 2.81. The molecule has 202 valence electrons. The van der Waals surface area contributed by atoms with Gasteiger partial charge in [-0.2, -0.15) is 0 Å². The Labute approximate surface area is 221 Å². The lowest BCUT2D eigenvalue weighted by Crippen LogP contribution is -2.38. The number of hydrogen-bond donors (Lipinski definition) is 2. The molecule has 7 heteroatoms. The van der Waals surface area contributed by atoms with Gasteiger partial charge in [-0.1, -0.05) is 61.9 Å². The van der Waals surface area contributed by atoms with Gasteiger partial charge in [0.05, 0.1) is 6.54 Å². The zero-order valence-electron chi connectivity index (χ0n) is 22.3. The molecule has 2 aromatic rings. The van der Waals surface area contributed by atoms with E-state index in [0.717, 1.165) is 35.6 Å². The third-order valence-electron chi connectivity index (χ3n) is 6.97. The summed E-state index contributed by atoms with van der Waals surface area (Å²) in [5, 5.41) is 12.3. The molecule has 2 aromatic carbocycles. The van der Waals surface area contributed by atoms with Crippen LogP contribution in [0.15, 0.2) is 48.5 Å². The molecule has 1 atom stereocenters. The Morgan fingerprint density at radius 2 is 1.73 bits per heavy atom. The number of anilines is 1. The summed E-state index contributed by atoms with van der Waals surface area (Å²) in [7, 11) is 0. The van der Waals surface area contributed by atoms with Crippen molar-refractivity contribution in [2.45, 2.75) is 71.3 Å². The number of aryl methyl sites for hydroxylation is 1. The smallest absolute Gasteiger partial charge is 0.333 e. The fraction of sp³-hybridized carbons (Fsp3) is 0.533. The minimum absolute atomic E-state index is 0.109. The van der Waals surface area contributed by atoms with Crippen LogP contribution in [-0.4, -0.2) is 54.4 Å². The van der Waals surface area contributed by atoms with Crippen LogP contribution in [0.25, 0.3) is 0 Å². The van der Waals surface area contributed by atoms with Crippen molar-refractivity contribution in [1.82, 2.24) is 4.90 Å². The van der Waals surface area contributed by atoms with Crippen molar-refractivity contribution in [2.24, 2.45) is 5.92 Å². The van der Waals surface area contributed by atoms with Crippen LogP contribution in [-0.2, 0) is 16.0 Å². The van der Waals surface area contributed by atoms with E-state index in [1.54, 1.807) is 6.92 Å². The molecule has 0 spiro atoms. The number of urea groups is 1. The molecule has 0 radical (unpaired) electrons. The van der Waals surface area contributed by atoms with Gasteiger partial charge in [-0.25, -0.2) is 9.59 Å². The van der Waals surface area contributed by atoms with Crippen molar-refractivity contribution in [2.75, 3.05) is 31.6 Å². The Morgan fingerprint density at radius 3 is 2.38 bits per heavy atom. The third kappa shape index (κ3) is 10.1. The first-order valence-corrected chi connectivity index (χ1v) is 13.6. The third-order valence-corrected chi connectivity index (χ3v) is 6.97. The molecule has 37 heavy (non-hydrogen) atoms. The van der Waals surface area contributed by atoms with Gasteiger partial charge in [-0.05, 0) is 62.4 Å². The Kier molecular flexibility index (Phi) is 11.8. The number of hydrogen-bond acceptors (Lipinski definition) is 4. The molecule has 1 aliphatic rings. The lowest BCUT2D eigenvalue weighted by Gasteiger charge is -2.26. The molecule has 0 bridgehead atoms. The molecule has 2 amide bonds. The molecule has 0 heterocycles. The largest absolute Gasteiger partial charge is 0.492 e. The minimum Gasteiger partial charge on any atom is -0.492 e. The van der Waals surface area contributed by atoms with Crippen LogP contribution in [0.4, 0.5) is 10.5 Å². The van der Waals surface area contributed by atoms with E-state index in [1.807, 2.05) is 60.4 Å². The summed E-state index contributed by atoms with van der Waals surface area (Å²) < 4.78 is 11.2. The maximum absolute atomic E-state index is 13.1. The summed E-state index contributed by atoms with van der Waals surface area (Å²) in [4.78, 5) is 26.2. The predicted molar refractivity (Wildman–Crippen MR) is 146 cm³/mol. The number of carbonyl (C=O) groups excluding carboxylic acids is 1. The van der Waals surface area contributed by atoms with E-state index in [0.29, 0.717) is 38.5 Å². The molecule has 7 nitrogen and oxygen atoms in total. The Bertz CT molecular complexity index is 955. The van der Waals surface area contributed by atoms with Crippen molar-refractivity contribution in [3.63, 3.8) is 0 Å². The molecule has 1 fully saturated rings. The Morgan fingerprint density at radius 1 is 1.03 bits per heavy atom. The highest BCUT2D eigenvalue weighted by Crippen LogP contribution is 2.27. The Balaban J connectivity index is 1.52. The fourth-order valence-electron chi connectivity index (χ4n) is 4.83. The van der Waals surface area contributed by atoms with Crippen LogP contribution in [0.5, 0.6) is 5.75 Å². The topological polar surface area (TPSA) is 88.1 Å². The fourth-order valence-corrected chi connectivity index (χ4v) is 4.83. The van der Waals surface area contributed by atoms with Gasteiger partial charge >= 0.3 is 12.0 Å². The standard InChI is InChI=1S/C30H42N2O5/c1-3-36-28(29(33)34)22-25-13-17-27(18-14-25)37-21-20-32(19-7-10-24-8-5-4-6-9-24)30(35)31-26-15-11-23(2)12-16-26/h11-18,24,28H,3-10,19-22H2,1-2H3,(H,31,35)(H,33,34). The van der Waals surface area contributed by atoms with Gasteiger partial charge in [0, 0.05) is 25.3 Å². The molecule has 0 aliphatic heterocycles. The van der Waals surface area contributed by atoms with Crippen LogP contribution < -0.4 is 10.1 Å². The second kappa shape index (κ2) is 15.3. The summed E-state index contributed by atoms with van der Waals surface area (Å²) in [6.07, 6.45) is 8.24. The highest BCUT2D eigenvalue weighted by molar-refractivity contribution is 5.89. The Hall–Kier alpha value is -3.06. The van der Waals surface area contributed by atoms with Gasteiger partial charge in [-0.15, -0.1) is 0 Å². The number of nitrogens with one attached hydrogen (secondary N) is 1. The number of carboxylic acids is 1. The van der Waals surface area contributed by atoms with Crippen molar-refractivity contribution in [3.05, 3.63) is 59.7 Å². The molecule has 3 rings (SSSR count). The van der Waals surface area contributed by atoms with Gasteiger partial charge in [0.2, 0.25) is 0 Å². The van der Waals surface area contributed by atoms with Crippen molar-refractivity contribution < 1.29 is 24.2 Å². The number of carbonyl (C=O) groups is 2. The van der Waals surface area contributed by atoms with E-state index in [4.69, 9.17) is 9.47 Å². The number of amides is 2. The number of nitrogens with zero attached hydrogens (tertiary/aromatic N) is 1. The number of rotatable bonds is 14. The van der Waals surface area contributed by atoms with Crippen molar-refractivity contribution in [3.8, 4) is 5.75 Å². The van der Waals surface area contributed by atoms with Gasteiger partial charge in [0.25, 0.3) is 0 Å². The molecule has 1 unspecified atom stereocenters. The second-order valence-corrected chi connectivity index (χ2v) is 9.91. The molecular formula is C30H42N2O5. The van der Waals surface area contributed by atoms with Crippen LogP contribution >= 0.6 is 0 Å². The number of ether oxygens (including phenoxy) is 2. The van der Waals surface area contributed by atoms with Gasteiger partial charge < -0.3 is 24.8 Å². The zero-order chi connectivity index (χ0) is 26.5. The van der Waals surface area contributed by atoms with E-state index in [1.165, 1.54) is 32.1 Å². The highest BCUT2D eigenvalue weighted by atomic mass is 16.5. The first-order chi connectivity index (χ1) is 17.9. The van der Waals surface area contributed by atoms with Gasteiger partial charge in [0.15, 0.2) is 6.10 Å². The van der Waals surface area contributed by atoms with Gasteiger partial charge in [0.1, 0.15) is 12.4 Å². The number of carboxylic acid groups (broad SMARTS) is 1. The summed E-state index contributed by atoms with van der Waals surface area (Å²) in [6.45, 7) is 5.72. The minimum atomic E-state index is -0.963. The van der Waals surface area contributed by atoms with E-state index >= 15 is 0 Å². The molecule has 1 aliphatic carbocycles. The molecule has 1 saturated carbocycles. The first kappa shape index (κ1) is 28.5. The average Bonchev–Trinajstić information content (AvgIpc) is 2.90. The van der Waals surface area contributed by atoms with E-state index in [-0.39, 0.29) is 6.03 Å². The van der Waals surface area contributed by atoms with Crippen molar-refractivity contribution in [1.29, 1.82) is 0 Å². The van der Waals surface area contributed by atoms with Crippen LogP contribution in [0.1, 0.15) is 63.0 Å². The summed E-state index contributed by atoms with van der Waals surface area (Å²) in [5.74, 6) is 0.511. The second-order valence-electron chi connectivity index (χ2n) is 9.91. The average molecular weight is 511 g/mol.